The van der Waals surface area contributed by atoms with Crippen LogP contribution in [0.5, 0.6) is 0 Å². The predicted octanol–water partition coefficient (Wildman–Crippen LogP) is 3.36. The van der Waals surface area contributed by atoms with Gasteiger partial charge in [-0.05, 0) is 44.9 Å². The van der Waals surface area contributed by atoms with Crippen molar-refractivity contribution in [3.05, 3.63) is 0 Å². The molecule has 1 aliphatic heterocycles. The quantitative estimate of drug-likeness (QED) is 0.703. The third-order valence-electron chi connectivity index (χ3n) is 4.31. The molecular weight excluding hydrogens is 198 g/mol. The van der Waals surface area contributed by atoms with Gasteiger partial charge in [0.05, 0.1) is 0 Å². The number of likely N-dealkylation sites (tertiary alicyclic amines) is 1. The smallest absolute Gasteiger partial charge is 0.223 e. The van der Waals surface area contributed by atoms with Gasteiger partial charge in [-0.15, -0.1) is 0 Å². The van der Waals surface area contributed by atoms with E-state index in [9.17, 15) is 4.79 Å². The van der Waals surface area contributed by atoms with Crippen molar-refractivity contribution in [2.45, 2.75) is 70.8 Å². The fraction of sp³-hybridized carbons (Fsp3) is 0.929. The van der Waals surface area contributed by atoms with E-state index in [1.807, 2.05) is 0 Å². The van der Waals surface area contributed by atoms with Gasteiger partial charge in [0.2, 0.25) is 5.91 Å². The molecule has 2 aliphatic rings. The highest BCUT2D eigenvalue weighted by Gasteiger charge is 2.25. The van der Waals surface area contributed by atoms with E-state index in [0.29, 0.717) is 17.9 Å². The lowest BCUT2D eigenvalue weighted by atomic mass is 9.86. The Morgan fingerprint density at radius 3 is 2.44 bits per heavy atom. The van der Waals surface area contributed by atoms with Crippen LogP contribution < -0.4 is 0 Å². The maximum atomic E-state index is 12.2. The van der Waals surface area contributed by atoms with Gasteiger partial charge >= 0.3 is 0 Å². The van der Waals surface area contributed by atoms with E-state index in [-0.39, 0.29) is 0 Å². The van der Waals surface area contributed by atoms with E-state index in [1.54, 1.807) is 0 Å². The predicted molar refractivity (Wildman–Crippen MR) is 66.2 cm³/mol. The summed E-state index contributed by atoms with van der Waals surface area (Å²) in [6, 6.07) is 0.491. The highest BCUT2D eigenvalue weighted by Crippen LogP contribution is 2.28. The van der Waals surface area contributed by atoms with E-state index in [4.69, 9.17) is 0 Å². The highest BCUT2D eigenvalue weighted by atomic mass is 16.2. The van der Waals surface area contributed by atoms with Gasteiger partial charge in [-0.1, -0.05) is 19.3 Å². The van der Waals surface area contributed by atoms with Crippen molar-refractivity contribution in [2.24, 2.45) is 5.92 Å². The fourth-order valence-corrected chi connectivity index (χ4v) is 3.22. The summed E-state index contributed by atoms with van der Waals surface area (Å²) in [6.07, 6.45) is 11.2. The molecule has 0 aromatic rings. The average Bonchev–Trinajstić information content (AvgIpc) is 2.31. The minimum Gasteiger partial charge on any atom is -0.340 e. The van der Waals surface area contributed by atoms with Crippen LogP contribution in [-0.2, 0) is 4.79 Å². The van der Waals surface area contributed by atoms with Crippen molar-refractivity contribution in [2.75, 3.05) is 6.54 Å². The van der Waals surface area contributed by atoms with E-state index in [0.717, 1.165) is 13.0 Å². The largest absolute Gasteiger partial charge is 0.340 e. The first-order valence-electron chi connectivity index (χ1n) is 7.07. The summed E-state index contributed by atoms with van der Waals surface area (Å²) in [6.45, 7) is 3.21. The Kier molecular flexibility index (Phi) is 4.25. The minimum atomic E-state index is 0.430. The van der Waals surface area contributed by atoms with Gasteiger partial charge in [0.1, 0.15) is 0 Å². The Labute approximate surface area is 99.4 Å². The molecule has 0 aromatic carbocycles. The van der Waals surface area contributed by atoms with Gasteiger partial charge in [-0.25, -0.2) is 0 Å². The molecule has 2 fully saturated rings. The lowest BCUT2D eigenvalue weighted by molar-refractivity contribution is -0.135. The van der Waals surface area contributed by atoms with Crippen LogP contribution in [0.15, 0.2) is 0 Å². The third kappa shape index (κ3) is 2.99. The van der Waals surface area contributed by atoms with Crippen molar-refractivity contribution in [3.63, 3.8) is 0 Å². The molecule has 0 aromatic heterocycles. The first-order chi connectivity index (χ1) is 7.77. The molecule has 0 spiro atoms. The zero-order valence-electron chi connectivity index (χ0n) is 10.6. The SMILES string of the molecule is CC1CCCCN1C(=O)CC1CCCCC1. The monoisotopic (exact) mass is 223 g/mol. The standard InChI is InChI=1S/C14H25NO/c1-12-7-5-6-10-15(12)14(16)11-13-8-3-2-4-9-13/h12-13H,2-11H2,1H3. The summed E-state index contributed by atoms with van der Waals surface area (Å²) in [4.78, 5) is 14.3. The third-order valence-corrected chi connectivity index (χ3v) is 4.31. The van der Waals surface area contributed by atoms with Gasteiger partial charge in [-0.2, -0.15) is 0 Å². The number of carbonyl (C=O) groups is 1. The van der Waals surface area contributed by atoms with Crippen molar-refractivity contribution >= 4 is 5.91 Å². The van der Waals surface area contributed by atoms with Crippen LogP contribution >= 0.6 is 0 Å². The molecule has 1 unspecified atom stereocenters. The summed E-state index contributed by atoms with van der Waals surface area (Å²) in [5.41, 5.74) is 0. The number of hydrogen-bond donors (Lipinski definition) is 0. The zero-order chi connectivity index (χ0) is 11.4. The van der Waals surface area contributed by atoms with Crippen molar-refractivity contribution in [3.8, 4) is 0 Å². The minimum absolute atomic E-state index is 0.430. The molecule has 0 radical (unpaired) electrons. The van der Waals surface area contributed by atoms with Crippen LogP contribution in [0.25, 0.3) is 0 Å². The van der Waals surface area contributed by atoms with Crippen LogP contribution in [0.1, 0.15) is 64.7 Å². The van der Waals surface area contributed by atoms with Crippen LogP contribution in [0.4, 0.5) is 0 Å². The summed E-state index contributed by atoms with van der Waals surface area (Å²) in [5, 5.41) is 0. The van der Waals surface area contributed by atoms with Crippen LogP contribution in [0, 0.1) is 5.92 Å². The maximum absolute atomic E-state index is 12.2. The lowest BCUT2D eigenvalue weighted by Gasteiger charge is -2.35. The molecule has 1 saturated carbocycles. The molecule has 0 bridgehead atoms. The van der Waals surface area contributed by atoms with Gasteiger partial charge in [0.25, 0.3) is 0 Å². The molecule has 92 valence electrons. The van der Waals surface area contributed by atoms with Gasteiger partial charge in [-0.3, -0.25) is 4.79 Å². The number of hydrogen-bond acceptors (Lipinski definition) is 1. The van der Waals surface area contributed by atoms with Crippen LogP contribution in [0.2, 0.25) is 0 Å². The van der Waals surface area contributed by atoms with Gasteiger partial charge < -0.3 is 4.90 Å². The first-order valence-corrected chi connectivity index (χ1v) is 7.07. The Morgan fingerprint density at radius 1 is 1.06 bits per heavy atom. The Balaban J connectivity index is 1.81. The number of nitrogens with zero attached hydrogens (tertiary/aromatic N) is 1. The van der Waals surface area contributed by atoms with Gasteiger partial charge in [0.15, 0.2) is 0 Å². The van der Waals surface area contributed by atoms with Crippen molar-refractivity contribution in [1.29, 1.82) is 0 Å². The van der Waals surface area contributed by atoms with Crippen LogP contribution in [0.3, 0.4) is 0 Å². The second-order valence-corrected chi connectivity index (χ2v) is 5.64. The molecule has 1 aliphatic carbocycles. The molecule has 16 heavy (non-hydrogen) atoms. The summed E-state index contributed by atoms with van der Waals surface area (Å²) in [5.74, 6) is 1.12. The number of carbonyl (C=O) groups excluding carboxylic acids is 1. The Hall–Kier alpha value is -0.530. The highest BCUT2D eigenvalue weighted by molar-refractivity contribution is 5.76. The van der Waals surface area contributed by atoms with E-state index >= 15 is 0 Å². The molecule has 0 N–H and O–H groups in total. The summed E-state index contributed by atoms with van der Waals surface area (Å²) < 4.78 is 0. The molecule has 1 amide bonds. The summed E-state index contributed by atoms with van der Waals surface area (Å²) >= 11 is 0. The molecule has 2 rings (SSSR count). The molecule has 1 heterocycles. The van der Waals surface area contributed by atoms with E-state index in [1.165, 1.54) is 51.4 Å². The van der Waals surface area contributed by atoms with Crippen molar-refractivity contribution < 1.29 is 4.79 Å². The van der Waals surface area contributed by atoms with E-state index in [2.05, 4.69) is 11.8 Å². The second-order valence-electron chi connectivity index (χ2n) is 5.64. The fourth-order valence-electron chi connectivity index (χ4n) is 3.22. The first kappa shape index (κ1) is 11.9. The number of amides is 1. The Morgan fingerprint density at radius 2 is 1.75 bits per heavy atom. The lowest BCUT2D eigenvalue weighted by Crippen LogP contribution is -2.42. The average molecular weight is 223 g/mol. The molecule has 1 atom stereocenters. The number of rotatable bonds is 2. The maximum Gasteiger partial charge on any atom is 0.223 e. The van der Waals surface area contributed by atoms with E-state index < -0.39 is 0 Å². The molecule has 2 heteroatoms. The van der Waals surface area contributed by atoms with Crippen LogP contribution in [-0.4, -0.2) is 23.4 Å². The topological polar surface area (TPSA) is 20.3 Å². The summed E-state index contributed by atoms with van der Waals surface area (Å²) in [7, 11) is 0. The molecule has 1 saturated heterocycles. The number of piperidine rings is 1. The molecular formula is C14H25NO. The second kappa shape index (κ2) is 5.70. The van der Waals surface area contributed by atoms with Crippen molar-refractivity contribution in [1.82, 2.24) is 4.90 Å². The Bertz CT molecular complexity index is 233. The van der Waals surface area contributed by atoms with Gasteiger partial charge in [0, 0.05) is 19.0 Å². The molecule has 2 nitrogen and oxygen atoms in total. The zero-order valence-corrected chi connectivity index (χ0v) is 10.6. The normalized spacial score (nSPS) is 28.1.